The Balaban J connectivity index is 2.40. The summed E-state index contributed by atoms with van der Waals surface area (Å²) in [5, 5.41) is 4.23. The highest BCUT2D eigenvalue weighted by Crippen LogP contribution is 2.16. The maximum atomic E-state index is 5.12. The van der Waals surface area contributed by atoms with Crippen molar-refractivity contribution in [3.63, 3.8) is 0 Å². The molecule has 0 aliphatic carbocycles. The van der Waals surface area contributed by atoms with E-state index in [1.165, 1.54) is 0 Å². The monoisotopic (exact) mass is 250 g/mol. The van der Waals surface area contributed by atoms with Crippen LogP contribution in [0.3, 0.4) is 0 Å². The third-order valence-electron chi connectivity index (χ3n) is 2.34. The van der Waals surface area contributed by atoms with Gasteiger partial charge in [0.1, 0.15) is 17.1 Å². The first-order valence-electron chi connectivity index (χ1n) is 5.35. The van der Waals surface area contributed by atoms with Crippen LogP contribution in [0, 0.1) is 4.64 Å². The van der Waals surface area contributed by atoms with Gasteiger partial charge < -0.3 is 9.72 Å². The Hall–Kier alpha value is -1.53. The van der Waals surface area contributed by atoms with E-state index in [1.807, 2.05) is 23.9 Å². The molecule has 0 radical (unpaired) electrons. The summed E-state index contributed by atoms with van der Waals surface area (Å²) >= 11 is 5.12. The molecule has 2 rings (SSSR count). The van der Waals surface area contributed by atoms with Crippen LogP contribution in [0.25, 0.3) is 11.3 Å². The van der Waals surface area contributed by atoms with Crippen LogP contribution in [0.1, 0.15) is 12.7 Å². The molecule has 0 amide bonds. The summed E-state index contributed by atoms with van der Waals surface area (Å²) in [5.74, 6) is 0.722. The summed E-state index contributed by atoms with van der Waals surface area (Å²) in [5.41, 5.74) is 1.91. The Bertz CT molecular complexity index is 561. The van der Waals surface area contributed by atoms with Gasteiger partial charge in [-0.05, 0) is 13.0 Å². The molecular weight excluding hydrogens is 236 g/mol. The van der Waals surface area contributed by atoms with Crippen molar-refractivity contribution >= 4 is 12.2 Å². The molecule has 0 fully saturated rings. The normalized spacial score (nSPS) is 10.7. The molecule has 0 aromatic carbocycles. The number of aromatic nitrogens is 4. The number of H-pyrrole nitrogens is 1. The summed E-state index contributed by atoms with van der Waals surface area (Å²) in [6.07, 6.45) is 3.78. The summed E-state index contributed by atoms with van der Waals surface area (Å²) in [6, 6.07) is 1.82. The fourth-order valence-corrected chi connectivity index (χ4v) is 1.77. The zero-order valence-corrected chi connectivity index (χ0v) is 10.6. The summed E-state index contributed by atoms with van der Waals surface area (Å²) in [6.45, 7) is 3.30. The van der Waals surface area contributed by atoms with Crippen molar-refractivity contribution in [1.82, 2.24) is 19.7 Å². The first-order chi connectivity index (χ1) is 8.22. The third kappa shape index (κ3) is 2.78. The highest BCUT2D eigenvalue weighted by molar-refractivity contribution is 7.71. The summed E-state index contributed by atoms with van der Waals surface area (Å²) < 4.78 is 7.45. The molecule has 0 aliphatic heterocycles. The van der Waals surface area contributed by atoms with Gasteiger partial charge in [0.15, 0.2) is 0 Å². The predicted molar refractivity (Wildman–Crippen MR) is 67.0 cm³/mol. The number of rotatable bonds is 4. The second kappa shape index (κ2) is 5.20. The van der Waals surface area contributed by atoms with Gasteiger partial charge in [-0.15, -0.1) is 0 Å². The quantitative estimate of drug-likeness (QED) is 0.845. The Morgan fingerprint density at radius 1 is 1.53 bits per heavy atom. The number of hydrogen-bond donors (Lipinski definition) is 1. The number of methoxy groups -OCH3 is 1. The smallest absolute Gasteiger partial charge is 0.134 e. The fourth-order valence-electron chi connectivity index (χ4n) is 1.54. The molecule has 0 atom stereocenters. The molecular formula is C11H14N4OS. The first-order valence-corrected chi connectivity index (χ1v) is 5.75. The Kier molecular flexibility index (Phi) is 3.65. The van der Waals surface area contributed by atoms with E-state index in [2.05, 4.69) is 15.1 Å². The minimum atomic E-state index is 0.416. The summed E-state index contributed by atoms with van der Waals surface area (Å²) in [4.78, 5) is 7.37. The highest BCUT2D eigenvalue weighted by atomic mass is 32.1. The molecule has 2 aromatic rings. The minimum absolute atomic E-state index is 0.416. The zero-order valence-electron chi connectivity index (χ0n) is 9.80. The fraction of sp³-hybridized carbons (Fsp3) is 0.364. The lowest BCUT2D eigenvalue weighted by Gasteiger charge is -2.03. The molecule has 6 heteroatoms. The largest absolute Gasteiger partial charge is 0.377 e. The van der Waals surface area contributed by atoms with E-state index in [9.17, 15) is 0 Å². The van der Waals surface area contributed by atoms with Crippen molar-refractivity contribution in [1.29, 1.82) is 0 Å². The lowest BCUT2D eigenvalue weighted by Crippen LogP contribution is -1.98. The van der Waals surface area contributed by atoms with Crippen molar-refractivity contribution < 1.29 is 4.74 Å². The van der Waals surface area contributed by atoms with E-state index in [4.69, 9.17) is 17.0 Å². The van der Waals surface area contributed by atoms with Crippen LogP contribution in [0.15, 0.2) is 18.5 Å². The summed E-state index contributed by atoms with van der Waals surface area (Å²) in [7, 11) is 1.63. The molecule has 0 saturated carbocycles. The lowest BCUT2D eigenvalue weighted by molar-refractivity contribution is 0.177. The maximum absolute atomic E-state index is 5.12. The van der Waals surface area contributed by atoms with Crippen LogP contribution in [0.2, 0.25) is 0 Å². The van der Waals surface area contributed by atoms with Crippen molar-refractivity contribution in [3.8, 4) is 11.3 Å². The number of hydrogen-bond acceptors (Lipinski definition) is 4. The van der Waals surface area contributed by atoms with Crippen molar-refractivity contribution in [2.24, 2.45) is 0 Å². The van der Waals surface area contributed by atoms with E-state index in [1.54, 1.807) is 13.3 Å². The second-order valence-corrected chi connectivity index (χ2v) is 4.02. The van der Waals surface area contributed by atoms with Crippen LogP contribution in [0.4, 0.5) is 0 Å². The molecule has 90 valence electrons. The molecule has 0 bridgehead atoms. The molecule has 2 aromatic heterocycles. The molecule has 1 N–H and O–H groups in total. The lowest BCUT2D eigenvalue weighted by atomic mass is 10.2. The highest BCUT2D eigenvalue weighted by Gasteiger charge is 2.04. The van der Waals surface area contributed by atoms with E-state index in [0.717, 1.165) is 23.6 Å². The molecule has 17 heavy (non-hydrogen) atoms. The van der Waals surface area contributed by atoms with Gasteiger partial charge in [-0.3, -0.25) is 4.68 Å². The zero-order chi connectivity index (χ0) is 12.3. The maximum Gasteiger partial charge on any atom is 0.134 e. The number of aryl methyl sites for hydroxylation is 1. The van der Waals surface area contributed by atoms with Crippen LogP contribution in [-0.4, -0.2) is 26.9 Å². The van der Waals surface area contributed by atoms with Gasteiger partial charge in [0.2, 0.25) is 0 Å². The average molecular weight is 250 g/mol. The van der Waals surface area contributed by atoms with Crippen molar-refractivity contribution in [2.75, 3.05) is 7.11 Å². The van der Waals surface area contributed by atoms with Crippen LogP contribution >= 0.6 is 12.2 Å². The van der Waals surface area contributed by atoms with E-state index < -0.39 is 0 Å². The van der Waals surface area contributed by atoms with Crippen LogP contribution < -0.4 is 0 Å². The van der Waals surface area contributed by atoms with E-state index in [-0.39, 0.29) is 0 Å². The minimum Gasteiger partial charge on any atom is -0.377 e. The molecule has 0 unspecified atom stereocenters. The second-order valence-electron chi connectivity index (χ2n) is 3.60. The number of ether oxygens (including phenoxy) is 1. The van der Waals surface area contributed by atoms with Gasteiger partial charge in [0, 0.05) is 25.4 Å². The SMILES string of the molecule is CCn1cc(-c2cc(=S)nc(COC)[nH]2)cn1. The first kappa shape index (κ1) is 11.9. The molecule has 0 saturated heterocycles. The molecule has 0 spiro atoms. The van der Waals surface area contributed by atoms with Gasteiger partial charge in [0.25, 0.3) is 0 Å². The molecule has 5 nitrogen and oxygen atoms in total. The van der Waals surface area contributed by atoms with Crippen LogP contribution in [0.5, 0.6) is 0 Å². The molecule has 2 heterocycles. The average Bonchev–Trinajstić information content (AvgIpc) is 2.77. The van der Waals surface area contributed by atoms with Gasteiger partial charge in [-0.25, -0.2) is 4.98 Å². The van der Waals surface area contributed by atoms with Gasteiger partial charge in [0.05, 0.1) is 11.9 Å². The standard InChI is InChI=1S/C11H14N4OS/c1-3-15-6-8(5-12-15)9-4-11(17)14-10(13-9)7-16-2/h4-6H,3,7H2,1-2H3,(H,13,14,17). The van der Waals surface area contributed by atoms with E-state index in [0.29, 0.717) is 11.2 Å². The van der Waals surface area contributed by atoms with E-state index >= 15 is 0 Å². The Morgan fingerprint density at radius 3 is 3.00 bits per heavy atom. The third-order valence-corrected chi connectivity index (χ3v) is 2.55. The van der Waals surface area contributed by atoms with Crippen LogP contribution in [-0.2, 0) is 17.9 Å². The number of aromatic amines is 1. The number of nitrogens with zero attached hydrogens (tertiary/aromatic N) is 3. The van der Waals surface area contributed by atoms with Crippen molar-refractivity contribution in [2.45, 2.75) is 20.1 Å². The van der Waals surface area contributed by atoms with Gasteiger partial charge in [-0.2, -0.15) is 5.10 Å². The Morgan fingerprint density at radius 2 is 2.35 bits per heavy atom. The molecule has 0 aliphatic rings. The van der Waals surface area contributed by atoms with Gasteiger partial charge >= 0.3 is 0 Å². The number of nitrogens with one attached hydrogen (secondary N) is 1. The van der Waals surface area contributed by atoms with Gasteiger partial charge in [-0.1, -0.05) is 12.2 Å². The topological polar surface area (TPSA) is 55.7 Å². The predicted octanol–water partition coefficient (Wildman–Crippen LogP) is 2.17. The Labute approximate surface area is 104 Å². The van der Waals surface area contributed by atoms with Crippen molar-refractivity contribution in [3.05, 3.63) is 28.9 Å².